The number of hydrogen-bond donors (Lipinski definition) is 2. The Morgan fingerprint density at radius 3 is 2.64 bits per heavy atom. The predicted molar refractivity (Wildman–Crippen MR) is 113 cm³/mol. The van der Waals surface area contributed by atoms with E-state index in [2.05, 4.69) is 17.5 Å². The SMILES string of the molecule is CCCCCCOc1ccc(/C=N/NC(=O)c2ccccc2N)cc1OCC. The van der Waals surface area contributed by atoms with Gasteiger partial charge in [0.15, 0.2) is 11.5 Å². The van der Waals surface area contributed by atoms with Gasteiger partial charge in [-0.2, -0.15) is 5.10 Å². The summed E-state index contributed by atoms with van der Waals surface area (Å²) in [6.07, 6.45) is 6.17. The van der Waals surface area contributed by atoms with Gasteiger partial charge in [-0.1, -0.05) is 38.3 Å². The van der Waals surface area contributed by atoms with Gasteiger partial charge in [0, 0.05) is 5.69 Å². The molecule has 150 valence electrons. The standard InChI is InChI=1S/C22H29N3O3/c1-3-5-6-9-14-28-20-13-12-17(15-21(20)27-4-2)16-24-25-22(26)18-10-7-8-11-19(18)23/h7-8,10-13,15-16H,3-6,9,14,23H2,1-2H3,(H,25,26)/b24-16+. The molecule has 0 aliphatic carbocycles. The first-order valence-electron chi connectivity index (χ1n) is 9.73. The summed E-state index contributed by atoms with van der Waals surface area (Å²) in [6, 6.07) is 12.4. The summed E-state index contributed by atoms with van der Waals surface area (Å²) in [5.74, 6) is 1.03. The Bertz CT molecular complexity index is 790. The average molecular weight is 383 g/mol. The minimum atomic E-state index is -0.355. The zero-order valence-electron chi connectivity index (χ0n) is 16.6. The van der Waals surface area contributed by atoms with E-state index in [1.54, 1.807) is 30.5 Å². The fourth-order valence-electron chi connectivity index (χ4n) is 2.63. The first-order valence-corrected chi connectivity index (χ1v) is 9.73. The Morgan fingerprint density at radius 1 is 1.07 bits per heavy atom. The second kappa shape index (κ2) is 11.6. The number of nitrogen functional groups attached to an aromatic ring is 1. The number of carbonyl (C=O) groups is 1. The quantitative estimate of drug-likeness (QED) is 0.261. The summed E-state index contributed by atoms with van der Waals surface area (Å²) in [7, 11) is 0. The molecular weight excluding hydrogens is 354 g/mol. The molecule has 2 aromatic carbocycles. The van der Waals surface area contributed by atoms with Crippen LogP contribution < -0.4 is 20.6 Å². The molecule has 0 heterocycles. The van der Waals surface area contributed by atoms with Crippen LogP contribution in [-0.4, -0.2) is 25.3 Å². The Labute approximate surface area is 166 Å². The Balaban J connectivity index is 1.97. The molecule has 28 heavy (non-hydrogen) atoms. The molecule has 3 N–H and O–H groups in total. The van der Waals surface area contributed by atoms with Gasteiger partial charge in [0.2, 0.25) is 0 Å². The van der Waals surface area contributed by atoms with Gasteiger partial charge in [0.25, 0.3) is 5.91 Å². The lowest BCUT2D eigenvalue weighted by atomic mass is 10.2. The van der Waals surface area contributed by atoms with E-state index < -0.39 is 0 Å². The topological polar surface area (TPSA) is 85.9 Å². The van der Waals surface area contributed by atoms with Crippen molar-refractivity contribution in [2.24, 2.45) is 5.10 Å². The number of benzene rings is 2. The van der Waals surface area contributed by atoms with E-state index in [-0.39, 0.29) is 5.91 Å². The summed E-state index contributed by atoms with van der Waals surface area (Å²) in [5.41, 5.74) is 9.88. The fourth-order valence-corrected chi connectivity index (χ4v) is 2.63. The van der Waals surface area contributed by atoms with Gasteiger partial charge in [-0.25, -0.2) is 5.43 Å². The fraction of sp³-hybridized carbons (Fsp3) is 0.364. The highest BCUT2D eigenvalue weighted by Crippen LogP contribution is 2.28. The molecule has 0 aromatic heterocycles. The van der Waals surface area contributed by atoms with E-state index in [9.17, 15) is 4.79 Å². The molecule has 0 radical (unpaired) electrons. The van der Waals surface area contributed by atoms with E-state index >= 15 is 0 Å². The van der Waals surface area contributed by atoms with Crippen LogP contribution >= 0.6 is 0 Å². The number of rotatable bonds is 11. The number of carbonyl (C=O) groups excluding carboxylic acids is 1. The Hall–Kier alpha value is -3.02. The highest BCUT2D eigenvalue weighted by atomic mass is 16.5. The summed E-state index contributed by atoms with van der Waals surface area (Å²) >= 11 is 0. The van der Waals surface area contributed by atoms with E-state index in [0.29, 0.717) is 30.2 Å². The van der Waals surface area contributed by atoms with Crippen LogP contribution in [0.5, 0.6) is 11.5 Å². The minimum absolute atomic E-state index is 0.355. The third-order valence-corrected chi connectivity index (χ3v) is 4.11. The maximum atomic E-state index is 12.1. The molecule has 0 aliphatic rings. The second-order valence-corrected chi connectivity index (χ2v) is 6.33. The zero-order valence-corrected chi connectivity index (χ0v) is 16.6. The van der Waals surface area contributed by atoms with Gasteiger partial charge in [-0.3, -0.25) is 4.79 Å². The van der Waals surface area contributed by atoms with E-state index in [1.165, 1.54) is 12.8 Å². The number of hydrogen-bond acceptors (Lipinski definition) is 5. The lowest BCUT2D eigenvalue weighted by molar-refractivity contribution is 0.0956. The molecule has 0 unspecified atom stereocenters. The molecule has 0 saturated carbocycles. The van der Waals surface area contributed by atoms with Gasteiger partial charge >= 0.3 is 0 Å². The van der Waals surface area contributed by atoms with Gasteiger partial charge < -0.3 is 15.2 Å². The third-order valence-electron chi connectivity index (χ3n) is 4.11. The third kappa shape index (κ3) is 6.61. The van der Waals surface area contributed by atoms with Crippen molar-refractivity contribution in [1.82, 2.24) is 5.43 Å². The first kappa shape index (κ1) is 21.3. The van der Waals surface area contributed by atoms with Crippen molar-refractivity contribution < 1.29 is 14.3 Å². The van der Waals surface area contributed by atoms with Crippen molar-refractivity contribution in [2.45, 2.75) is 39.5 Å². The van der Waals surface area contributed by atoms with Crippen molar-refractivity contribution in [3.8, 4) is 11.5 Å². The number of nitrogens with zero attached hydrogens (tertiary/aromatic N) is 1. The van der Waals surface area contributed by atoms with Gasteiger partial charge in [0.05, 0.1) is 25.0 Å². The largest absolute Gasteiger partial charge is 0.490 e. The molecule has 0 fully saturated rings. The molecule has 0 spiro atoms. The van der Waals surface area contributed by atoms with Crippen LogP contribution in [-0.2, 0) is 0 Å². The van der Waals surface area contributed by atoms with Gasteiger partial charge in [-0.05, 0) is 49.2 Å². The molecular formula is C22H29N3O3. The Morgan fingerprint density at radius 2 is 1.89 bits per heavy atom. The molecule has 6 heteroatoms. The molecule has 2 aromatic rings. The number of hydrazone groups is 1. The zero-order chi connectivity index (χ0) is 20.2. The molecule has 0 atom stereocenters. The van der Waals surface area contributed by atoms with Crippen LogP contribution in [0.1, 0.15) is 55.5 Å². The molecule has 6 nitrogen and oxygen atoms in total. The molecule has 0 bridgehead atoms. The van der Waals surface area contributed by atoms with Crippen LogP contribution in [0.15, 0.2) is 47.6 Å². The number of ether oxygens (including phenoxy) is 2. The summed E-state index contributed by atoms with van der Waals surface area (Å²) in [5, 5.41) is 4.01. The maximum Gasteiger partial charge on any atom is 0.273 e. The summed E-state index contributed by atoms with van der Waals surface area (Å²) in [4.78, 5) is 12.1. The number of unbranched alkanes of at least 4 members (excludes halogenated alkanes) is 3. The van der Waals surface area contributed by atoms with Crippen LogP contribution in [0.25, 0.3) is 0 Å². The van der Waals surface area contributed by atoms with E-state index in [0.717, 1.165) is 24.2 Å². The van der Waals surface area contributed by atoms with Crippen molar-refractivity contribution in [2.75, 3.05) is 18.9 Å². The summed E-state index contributed by atoms with van der Waals surface area (Å²) < 4.78 is 11.5. The molecule has 0 saturated heterocycles. The second-order valence-electron chi connectivity index (χ2n) is 6.33. The lowest BCUT2D eigenvalue weighted by Crippen LogP contribution is -2.19. The van der Waals surface area contributed by atoms with Crippen LogP contribution in [0.4, 0.5) is 5.69 Å². The average Bonchev–Trinajstić information content (AvgIpc) is 2.69. The van der Waals surface area contributed by atoms with Gasteiger partial charge in [0.1, 0.15) is 0 Å². The smallest absolute Gasteiger partial charge is 0.273 e. The van der Waals surface area contributed by atoms with Gasteiger partial charge in [-0.15, -0.1) is 0 Å². The molecule has 0 aliphatic heterocycles. The van der Waals surface area contributed by atoms with Crippen molar-refractivity contribution in [3.63, 3.8) is 0 Å². The van der Waals surface area contributed by atoms with E-state index in [4.69, 9.17) is 15.2 Å². The molecule has 2 rings (SSSR count). The normalized spacial score (nSPS) is 10.8. The van der Waals surface area contributed by atoms with Crippen molar-refractivity contribution >= 4 is 17.8 Å². The van der Waals surface area contributed by atoms with Crippen LogP contribution in [0.3, 0.4) is 0 Å². The number of anilines is 1. The number of nitrogens with one attached hydrogen (secondary N) is 1. The Kier molecular flexibility index (Phi) is 8.85. The maximum absolute atomic E-state index is 12.1. The number of para-hydroxylation sites is 1. The highest BCUT2D eigenvalue weighted by Gasteiger charge is 2.08. The highest BCUT2D eigenvalue weighted by molar-refractivity contribution is 5.99. The number of amides is 1. The monoisotopic (exact) mass is 383 g/mol. The predicted octanol–water partition coefficient (Wildman–Crippen LogP) is 4.39. The van der Waals surface area contributed by atoms with Crippen LogP contribution in [0, 0.1) is 0 Å². The lowest BCUT2D eigenvalue weighted by Gasteiger charge is -2.12. The van der Waals surface area contributed by atoms with E-state index in [1.807, 2.05) is 25.1 Å². The molecule has 1 amide bonds. The van der Waals surface area contributed by atoms with Crippen molar-refractivity contribution in [3.05, 3.63) is 53.6 Å². The summed E-state index contributed by atoms with van der Waals surface area (Å²) in [6.45, 7) is 5.32. The first-order chi connectivity index (χ1) is 13.7. The van der Waals surface area contributed by atoms with Crippen LogP contribution in [0.2, 0.25) is 0 Å². The number of nitrogens with two attached hydrogens (primary N) is 1. The minimum Gasteiger partial charge on any atom is -0.490 e. The van der Waals surface area contributed by atoms with Crippen molar-refractivity contribution in [1.29, 1.82) is 0 Å².